The van der Waals surface area contributed by atoms with Crippen molar-refractivity contribution in [1.82, 2.24) is 9.29 Å². The van der Waals surface area contributed by atoms with Crippen molar-refractivity contribution in [1.29, 1.82) is 0 Å². The number of piperidine rings is 1. The smallest absolute Gasteiger partial charge is 0.229 e. The summed E-state index contributed by atoms with van der Waals surface area (Å²) in [5.41, 5.74) is 1.85. The Hall–Kier alpha value is -1.77. The van der Waals surface area contributed by atoms with Crippen LogP contribution in [-0.2, 0) is 14.8 Å². The number of nitrogens with one attached hydrogen (secondary N) is 1. The van der Waals surface area contributed by atoms with Crippen LogP contribution in [0.2, 0.25) is 0 Å². The minimum absolute atomic E-state index is 0.0810. The van der Waals surface area contributed by atoms with E-state index in [-0.39, 0.29) is 17.6 Å². The van der Waals surface area contributed by atoms with E-state index in [1.807, 2.05) is 35.7 Å². The average molecular weight is 380 g/mol. The van der Waals surface area contributed by atoms with Gasteiger partial charge in [-0.25, -0.2) is 17.7 Å². The fraction of sp³-hybridized carbons (Fsp3) is 0.412. The molecule has 2 heterocycles. The van der Waals surface area contributed by atoms with Gasteiger partial charge in [0.2, 0.25) is 15.9 Å². The molecule has 0 bridgehead atoms. The maximum atomic E-state index is 12.4. The first-order valence-corrected chi connectivity index (χ1v) is 10.8. The summed E-state index contributed by atoms with van der Waals surface area (Å²) in [6, 6.07) is 9.80. The first-order chi connectivity index (χ1) is 12.0. The second-order valence-corrected chi connectivity index (χ2v) is 9.08. The third-order valence-corrected chi connectivity index (χ3v) is 7.03. The number of aromatic nitrogens is 1. The molecule has 1 aliphatic heterocycles. The van der Waals surface area contributed by atoms with E-state index >= 15 is 0 Å². The summed E-state index contributed by atoms with van der Waals surface area (Å²) in [4.78, 5) is 16.9. The Morgan fingerprint density at radius 3 is 2.60 bits per heavy atom. The fourth-order valence-corrected chi connectivity index (χ4v) is 4.71. The molecule has 0 saturated carbocycles. The van der Waals surface area contributed by atoms with Gasteiger partial charge in [0.05, 0.1) is 11.4 Å². The van der Waals surface area contributed by atoms with Crippen LogP contribution in [0.4, 0.5) is 5.13 Å². The first kappa shape index (κ1) is 18.0. The monoisotopic (exact) mass is 379 g/mol. The zero-order valence-corrected chi connectivity index (χ0v) is 15.6. The van der Waals surface area contributed by atoms with Gasteiger partial charge >= 0.3 is 0 Å². The molecule has 1 aromatic carbocycles. The molecule has 1 aliphatic rings. The van der Waals surface area contributed by atoms with Gasteiger partial charge in [-0.15, -0.1) is 11.3 Å². The van der Waals surface area contributed by atoms with Crippen LogP contribution in [0.3, 0.4) is 0 Å². The number of hydrogen-bond donors (Lipinski definition) is 1. The highest BCUT2D eigenvalue weighted by molar-refractivity contribution is 7.89. The number of thiazole rings is 1. The van der Waals surface area contributed by atoms with Gasteiger partial charge in [0.25, 0.3) is 0 Å². The molecule has 1 amide bonds. The Bertz CT molecular complexity index is 826. The van der Waals surface area contributed by atoms with Gasteiger partial charge in [-0.2, -0.15) is 0 Å². The summed E-state index contributed by atoms with van der Waals surface area (Å²) < 4.78 is 25.2. The quantitative estimate of drug-likeness (QED) is 0.866. The Kier molecular flexibility index (Phi) is 5.51. The van der Waals surface area contributed by atoms with Crippen LogP contribution in [0.5, 0.6) is 0 Å². The number of nitrogens with zero attached hydrogens (tertiary/aromatic N) is 2. The highest BCUT2D eigenvalue weighted by Crippen LogP contribution is 2.26. The Balaban J connectivity index is 1.58. The standard InChI is InChI=1S/C17H21N3O3S2/c1-2-25(22,23)20-10-8-14(9-11-20)16(21)19-17-18-15(12-24-17)13-6-4-3-5-7-13/h3-7,12,14H,2,8-11H2,1H3,(H,18,19,21). The van der Waals surface area contributed by atoms with Crippen molar-refractivity contribution in [2.75, 3.05) is 24.2 Å². The highest BCUT2D eigenvalue weighted by atomic mass is 32.2. The molecule has 2 aromatic rings. The molecular weight excluding hydrogens is 358 g/mol. The predicted molar refractivity (Wildman–Crippen MR) is 99.9 cm³/mol. The maximum Gasteiger partial charge on any atom is 0.229 e. The number of amides is 1. The van der Waals surface area contributed by atoms with Crippen molar-refractivity contribution in [3.8, 4) is 11.3 Å². The van der Waals surface area contributed by atoms with E-state index in [2.05, 4.69) is 10.3 Å². The van der Waals surface area contributed by atoms with E-state index in [0.29, 0.717) is 31.1 Å². The lowest BCUT2D eigenvalue weighted by molar-refractivity contribution is -0.120. The summed E-state index contributed by atoms with van der Waals surface area (Å²) >= 11 is 1.40. The van der Waals surface area contributed by atoms with Crippen LogP contribution < -0.4 is 5.32 Å². The van der Waals surface area contributed by atoms with Gasteiger partial charge in [-0.3, -0.25) is 4.79 Å². The highest BCUT2D eigenvalue weighted by Gasteiger charge is 2.30. The summed E-state index contributed by atoms with van der Waals surface area (Å²) in [5, 5.41) is 5.36. The second kappa shape index (κ2) is 7.63. The van der Waals surface area contributed by atoms with Crippen LogP contribution in [0.25, 0.3) is 11.3 Å². The molecule has 0 atom stereocenters. The van der Waals surface area contributed by atoms with Crippen LogP contribution >= 0.6 is 11.3 Å². The molecule has 0 unspecified atom stereocenters. The van der Waals surface area contributed by atoms with Crippen molar-refractivity contribution in [3.63, 3.8) is 0 Å². The minimum atomic E-state index is -3.17. The van der Waals surface area contributed by atoms with Gasteiger partial charge in [0, 0.05) is 30.0 Å². The summed E-state index contributed by atoms with van der Waals surface area (Å²) in [5.74, 6) is -0.152. The number of sulfonamides is 1. The Morgan fingerprint density at radius 2 is 1.96 bits per heavy atom. The SMILES string of the molecule is CCS(=O)(=O)N1CCC(C(=O)Nc2nc(-c3ccccc3)cs2)CC1. The summed E-state index contributed by atoms with van der Waals surface area (Å²) in [6.07, 6.45) is 1.09. The van der Waals surface area contributed by atoms with Gasteiger partial charge in [-0.05, 0) is 19.8 Å². The fourth-order valence-electron chi connectivity index (χ4n) is 2.86. The average Bonchev–Trinajstić information content (AvgIpc) is 3.11. The number of benzene rings is 1. The lowest BCUT2D eigenvalue weighted by Crippen LogP contribution is -2.42. The molecule has 0 radical (unpaired) electrons. The van der Waals surface area contributed by atoms with E-state index in [9.17, 15) is 13.2 Å². The predicted octanol–water partition coefficient (Wildman–Crippen LogP) is 2.81. The van der Waals surface area contributed by atoms with E-state index < -0.39 is 10.0 Å². The molecule has 1 N–H and O–H groups in total. The van der Waals surface area contributed by atoms with Gasteiger partial charge in [0.1, 0.15) is 0 Å². The number of anilines is 1. The zero-order chi connectivity index (χ0) is 17.9. The van der Waals surface area contributed by atoms with Crippen molar-refractivity contribution < 1.29 is 13.2 Å². The zero-order valence-electron chi connectivity index (χ0n) is 14.0. The van der Waals surface area contributed by atoms with Gasteiger partial charge in [-0.1, -0.05) is 30.3 Å². The van der Waals surface area contributed by atoms with Crippen molar-refractivity contribution >= 4 is 32.4 Å². The molecular formula is C17H21N3O3S2. The number of carbonyl (C=O) groups is 1. The van der Waals surface area contributed by atoms with E-state index in [4.69, 9.17) is 0 Å². The van der Waals surface area contributed by atoms with E-state index in [1.54, 1.807) is 6.92 Å². The Morgan fingerprint density at radius 1 is 1.28 bits per heavy atom. The van der Waals surface area contributed by atoms with Crippen molar-refractivity contribution in [3.05, 3.63) is 35.7 Å². The normalized spacial score (nSPS) is 16.7. The van der Waals surface area contributed by atoms with Crippen molar-refractivity contribution in [2.45, 2.75) is 19.8 Å². The number of carbonyl (C=O) groups excluding carboxylic acids is 1. The molecule has 8 heteroatoms. The number of rotatable bonds is 5. The summed E-state index contributed by atoms with van der Waals surface area (Å²) in [7, 11) is -3.17. The molecule has 0 aliphatic carbocycles. The lowest BCUT2D eigenvalue weighted by atomic mass is 9.97. The maximum absolute atomic E-state index is 12.4. The molecule has 1 saturated heterocycles. The molecule has 134 valence electrons. The van der Waals surface area contributed by atoms with E-state index in [1.165, 1.54) is 15.6 Å². The minimum Gasteiger partial charge on any atom is -0.302 e. The van der Waals surface area contributed by atoms with Crippen LogP contribution in [-0.4, -0.2) is 42.5 Å². The van der Waals surface area contributed by atoms with Crippen LogP contribution in [0.15, 0.2) is 35.7 Å². The van der Waals surface area contributed by atoms with Crippen molar-refractivity contribution in [2.24, 2.45) is 5.92 Å². The third kappa shape index (κ3) is 4.26. The van der Waals surface area contributed by atoms with Crippen LogP contribution in [0, 0.1) is 5.92 Å². The molecule has 3 rings (SSSR count). The second-order valence-electron chi connectivity index (χ2n) is 5.97. The molecule has 0 spiro atoms. The largest absolute Gasteiger partial charge is 0.302 e. The number of hydrogen-bond acceptors (Lipinski definition) is 5. The third-order valence-electron chi connectivity index (χ3n) is 4.39. The molecule has 25 heavy (non-hydrogen) atoms. The van der Waals surface area contributed by atoms with Gasteiger partial charge < -0.3 is 5.32 Å². The van der Waals surface area contributed by atoms with E-state index in [0.717, 1.165) is 11.3 Å². The first-order valence-electron chi connectivity index (χ1n) is 8.29. The summed E-state index contributed by atoms with van der Waals surface area (Å²) in [6.45, 7) is 2.45. The van der Waals surface area contributed by atoms with Crippen LogP contribution in [0.1, 0.15) is 19.8 Å². The Labute approximate surface area is 151 Å². The molecule has 1 aromatic heterocycles. The van der Waals surface area contributed by atoms with Gasteiger partial charge in [0.15, 0.2) is 5.13 Å². The molecule has 6 nitrogen and oxygen atoms in total. The lowest BCUT2D eigenvalue weighted by Gasteiger charge is -2.30. The topological polar surface area (TPSA) is 79.4 Å². The molecule has 1 fully saturated rings.